The average molecular weight is 409 g/mol. The van der Waals surface area contributed by atoms with E-state index in [0.717, 1.165) is 25.9 Å². The molecule has 1 unspecified atom stereocenters. The van der Waals surface area contributed by atoms with Crippen molar-refractivity contribution in [3.05, 3.63) is 59.7 Å². The predicted molar refractivity (Wildman–Crippen MR) is 116 cm³/mol. The summed E-state index contributed by atoms with van der Waals surface area (Å²) >= 11 is 0. The van der Waals surface area contributed by atoms with E-state index in [2.05, 4.69) is 16.0 Å². The minimum absolute atomic E-state index is 0.0429. The highest BCUT2D eigenvalue weighted by atomic mass is 16.5. The lowest BCUT2D eigenvalue weighted by Crippen LogP contribution is -2.32. The van der Waals surface area contributed by atoms with Gasteiger partial charge in [-0.15, -0.1) is 0 Å². The van der Waals surface area contributed by atoms with Crippen molar-refractivity contribution in [2.75, 3.05) is 23.8 Å². The summed E-state index contributed by atoms with van der Waals surface area (Å²) in [6.07, 6.45) is 3.15. The Morgan fingerprint density at radius 1 is 1.03 bits per heavy atom. The molecular formula is C23H27N3O4. The molecule has 30 heavy (non-hydrogen) atoms. The molecule has 1 aliphatic heterocycles. The Balaban J connectivity index is 1.66. The van der Waals surface area contributed by atoms with E-state index in [0.29, 0.717) is 35.5 Å². The van der Waals surface area contributed by atoms with Gasteiger partial charge in [0.2, 0.25) is 5.91 Å². The van der Waals surface area contributed by atoms with Gasteiger partial charge < -0.3 is 20.7 Å². The normalized spacial score (nSPS) is 15.4. The molecule has 0 spiro atoms. The molecule has 2 aromatic carbocycles. The maximum Gasteiger partial charge on any atom is 0.255 e. The minimum atomic E-state index is -0.360. The van der Waals surface area contributed by atoms with Gasteiger partial charge in [-0.05, 0) is 49.6 Å². The third kappa shape index (κ3) is 5.90. The number of hydrogen-bond acceptors (Lipinski definition) is 4. The average Bonchev–Trinajstić information content (AvgIpc) is 3.26. The molecule has 0 saturated carbocycles. The number of ether oxygens (including phenoxy) is 1. The van der Waals surface area contributed by atoms with Crippen LogP contribution in [0.5, 0.6) is 0 Å². The highest BCUT2D eigenvalue weighted by Gasteiger charge is 2.19. The number of amides is 3. The fraction of sp³-hybridized carbons (Fsp3) is 0.348. The number of rotatable bonds is 8. The van der Waals surface area contributed by atoms with Crippen LogP contribution in [0.4, 0.5) is 11.4 Å². The SMILES string of the molecule is CCCC(=O)Nc1cccc(C(=O)Nc2ccccc2C(=O)NCC2CCCO2)c1. The van der Waals surface area contributed by atoms with Crippen molar-refractivity contribution >= 4 is 29.1 Å². The van der Waals surface area contributed by atoms with E-state index < -0.39 is 0 Å². The second-order valence-electron chi connectivity index (χ2n) is 7.22. The van der Waals surface area contributed by atoms with E-state index in [-0.39, 0.29) is 23.8 Å². The largest absolute Gasteiger partial charge is 0.376 e. The topological polar surface area (TPSA) is 96.5 Å². The summed E-state index contributed by atoms with van der Waals surface area (Å²) in [4.78, 5) is 37.2. The first-order chi connectivity index (χ1) is 14.6. The zero-order valence-electron chi connectivity index (χ0n) is 17.1. The van der Waals surface area contributed by atoms with E-state index in [1.807, 2.05) is 6.92 Å². The van der Waals surface area contributed by atoms with Crippen molar-refractivity contribution in [1.82, 2.24) is 5.32 Å². The van der Waals surface area contributed by atoms with Crippen molar-refractivity contribution in [1.29, 1.82) is 0 Å². The molecule has 0 radical (unpaired) electrons. The van der Waals surface area contributed by atoms with Gasteiger partial charge in [-0.2, -0.15) is 0 Å². The van der Waals surface area contributed by atoms with E-state index in [1.54, 1.807) is 48.5 Å². The fourth-order valence-corrected chi connectivity index (χ4v) is 3.28. The van der Waals surface area contributed by atoms with E-state index >= 15 is 0 Å². The van der Waals surface area contributed by atoms with Crippen LogP contribution in [-0.4, -0.2) is 37.0 Å². The first-order valence-corrected chi connectivity index (χ1v) is 10.3. The molecule has 1 heterocycles. The summed E-state index contributed by atoms with van der Waals surface area (Å²) in [7, 11) is 0. The Bertz CT molecular complexity index is 907. The standard InChI is InChI=1S/C23H27N3O4/c1-2-7-21(27)25-17-9-5-8-16(14-17)22(28)26-20-12-4-3-11-19(20)23(29)24-15-18-10-6-13-30-18/h3-5,8-9,11-12,14,18H,2,6-7,10,13,15H2,1H3,(H,24,29)(H,25,27)(H,26,28). The summed E-state index contributed by atoms with van der Waals surface area (Å²) in [5.41, 5.74) is 1.76. The molecule has 7 nitrogen and oxygen atoms in total. The number of benzene rings is 2. The van der Waals surface area contributed by atoms with Gasteiger partial charge in [-0.25, -0.2) is 0 Å². The quantitative estimate of drug-likeness (QED) is 0.621. The molecule has 3 N–H and O–H groups in total. The second kappa shape index (κ2) is 10.5. The van der Waals surface area contributed by atoms with E-state index in [1.165, 1.54) is 0 Å². The molecule has 0 aromatic heterocycles. The van der Waals surface area contributed by atoms with Crippen molar-refractivity contribution < 1.29 is 19.1 Å². The number of nitrogens with one attached hydrogen (secondary N) is 3. The molecule has 2 aromatic rings. The number of carbonyl (C=O) groups excluding carboxylic acids is 3. The molecule has 3 amide bonds. The highest BCUT2D eigenvalue weighted by molar-refractivity contribution is 6.09. The maximum atomic E-state index is 12.7. The van der Waals surface area contributed by atoms with Gasteiger partial charge in [0.25, 0.3) is 11.8 Å². The molecule has 0 bridgehead atoms. The Kier molecular flexibility index (Phi) is 7.57. The minimum Gasteiger partial charge on any atom is -0.376 e. The smallest absolute Gasteiger partial charge is 0.255 e. The summed E-state index contributed by atoms with van der Waals surface area (Å²) in [6.45, 7) is 3.10. The zero-order valence-corrected chi connectivity index (χ0v) is 17.1. The van der Waals surface area contributed by atoms with Gasteiger partial charge in [-0.3, -0.25) is 14.4 Å². The van der Waals surface area contributed by atoms with Crippen LogP contribution in [0.1, 0.15) is 53.3 Å². The van der Waals surface area contributed by atoms with E-state index in [9.17, 15) is 14.4 Å². The molecule has 158 valence electrons. The highest BCUT2D eigenvalue weighted by Crippen LogP contribution is 2.18. The molecule has 0 aliphatic carbocycles. The number of carbonyl (C=O) groups is 3. The third-order valence-electron chi connectivity index (χ3n) is 4.82. The third-order valence-corrected chi connectivity index (χ3v) is 4.82. The van der Waals surface area contributed by atoms with E-state index in [4.69, 9.17) is 4.74 Å². The monoisotopic (exact) mass is 409 g/mol. The Morgan fingerprint density at radius 2 is 1.87 bits per heavy atom. The molecule has 1 fully saturated rings. The molecule has 1 atom stereocenters. The number of hydrogen-bond donors (Lipinski definition) is 3. The molecule has 1 aliphatic rings. The zero-order chi connectivity index (χ0) is 21.3. The van der Waals surface area contributed by atoms with Gasteiger partial charge in [0.15, 0.2) is 0 Å². The Labute approximate surface area is 176 Å². The molecular weight excluding hydrogens is 382 g/mol. The second-order valence-corrected chi connectivity index (χ2v) is 7.22. The first-order valence-electron chi connectivity index (χ1n) is 10.3. The van der Waals surface area contributed by atoms with Crippen LogP contribution in [0.15, 0.2) is 48.5 Å². The molecule has 7 heteroatoms. The van der Waals surface area contributed by atoms with Crippen molar-refractivity contribution in [2.24, 2.45) is 0 Å². The van der Waals surface area contributed by atoms with Crippen LogP contribution in [-0.2, 0) is 9.53 Å². The summed E-state index contributed by atoms with van der Waals surface area (Å²) < 4.78 is 5.53. The maximum absolute atomic E-state index is 12.7. The summed E-state index contributed by atoms with van der Waals surface area (Å²) in [5, 5.41) is 8.45. The van der Waals surface area contributed by atoms with Gasteiger partial charge in [0, 0.05) is 30.8 Å². The van der Waals surface area contributed by atoms with Gasteiger partial charge in [0.1, 0.15) is 0 Å². The van der Waals surface area contributed by atoms with Crippen molar-refractivity contribution in [3.8, 4) is 0 Å². The predicted octanol–water partition coefficient (Wildman–Crippen LogP) is 3.59. The molecule has 3 rings (SSSR count). The van der Waals surface area contributed by atoms with Gasteiger partial charge >= 0.3 is 0 Å². The summed E-state index contributed by atoms with van der Waals surface area (Å²) in [6, 6.07) is 13.6. The fourth-order valence-electron chi connectivity index (χ4n) is 3.28. The first kappa shape index (κ1) is 21.5. The van der Waals surface area contributed by atoms with Crippen LogP contribution in [0, 0.1) is 0 Å². The lowest BCUT2D eigenvalue weighted by molar-refractivity contribution is -0.116. The van der Waals surface area contributed by atoms with Crippen LogP contribution in [0.2, 0.25) is 0 Å². The number of para-hydroxylation sites is 1. The van der Waals surface area contributed by atoms with Crippen molar-refractivity contribution in [3.63, 3.8) is 0 Å². The lowest BCUT2D eigenvalue weighted by Gasteiger charge is -2.14. The van der Waals surface area contributed by atoms with Crippen LogP contribution in [0.25, 0.3) is 0 Å². The Morgan fingerprint density at radius 3 is 2.63 bits per heavy atom. The van der Waals surface area contributed by atoms with Crippen molar-refractivity contribution in [2.45, 2.75) is 38.7 Å². The number of anilines is 2. The summed E-state index contributed by atoms with van der Waals surface area (Å²) in [5.74, 6) is -0.716. The van der Waals surface area contributed by atoms with Crippen LogP contribution in [0.3, 0.4) is 0 Å². The Hall–Kier alpha value is -3.19. The van der Waals surface area contributed by atoms with Gasteiger partial charge in [0.05, 0.1) is 17.4 Å². The lowest BCUT2D eigenvalue weighted by atomic mass is 10.1. The van der Waals surface area contributed by atoms with Crippen LogP contribution < -0.4 is 16.0 Å². The van der Waals surface area contributed by atoms with Gasteiger partial charge in [-0.1, -0.05) is 25.1 Å². The molecule has 1 saturated heterocycles. The van der Waals surface area contributed by atoms with Crippen LogP contribution >= 0.6 is 0 Å².